The Balaban J connectivity index is 1.62. The van der Waals surface area contributed by atoms with Gasteiger partial charge in [0.05, 0.1) is 0 Å². The summed E-state index contributed by atoms with van der Waals surface area (Å²) in [5, 5.41) is 7.36. The second-order valence-electron chi connectivity index (χ2n) is 4.81. The van der Waals surface area contributed by atoms with E-state index in [0.29, 0.717) is 11.9 Å². The maximum Gasteiger partial charge on any atom is 0.223 e. The molecule has 0 aromatic carbocycles. The largest absolute Gasteiger partial charge is 0.340 e. The molecule has 0 spiro atoms. The van der Waals surface area contributed by atoms with Crippen molar-refractivity contribution < 1.29 is 4.52 Å². The number of likely N-dealkylation sites (N-methyl/N-ethyl adjacent to an activating group) is 1. The minimum absolute atomic E-state index is 0.645. The number of nitrogens with one attached hydrogen (secondary N) is 1. The zero-order valence-electron chi connectivity index (χ0n) is 10.8. The van der Waals surface area contributed by atoms with Crippen LogP contribution in [0.4, 0.5) is 0 Å². The molecular formula is C12H22N4O. The van der Waals surface area contributed by atoms with Gasteiger partial charge in [0, 0.05) is 32.5 Å². The number of piperidine rings is 1. The first-order valence-electron chi connectivity index (χ1n) is 6.46. The number of hydrogen-bond acceptors (Lipinski definition) is 5. The Bertz CT molecular complexity index is 339. The van der Waals surface area contributed by atoms with Gasteiger partial charge in [-0.3, -0.25) is 0 Å². The van der Waals surface area contributed by atoms with E-state index in [0.717, 1.165) is 25.3 Å². The van der Waals surface area contributed by atoms with Gasteiger partial charge < -0.3 is 14.7 Å². The lowest BCUT2D eigenvalue weighted by molar-refractivity contribution is 0.182. The SMILES string of the molecule is Cc1nc(CCNCC2CCCCN2C)no1. The lowest BCUT2D eigenvalue weighted by Crippen LogP contribution is -2.43. The summed E-state index contributed by atoms with van der Waals surface area (Å²) in [6.45, 7) is 5.04. The molecular weight excluding hydrogens is 216 g/mol. The molecule has 1 aliphatic heterocycles. The van der Waals surface area contributed by atoms with Crippen molar-refractivity contribution >= 4 is 0 Å². The average Bonchev–Trinajstić information content (AvgIpc) is 2.73. The van der Waals surface area contributed by atoms with E-state index in [2.05, 4.69) is 27.4 Å². The molecule has 5 nitrogen and oxygen atoms in total. The predicted molar refractivity (Wildman–Crippen MR) is 65.9 cm³/mol. The summed E-state index contributed by atoms with van der Waals surface area (Å²) in [6, 6.07) is 0.691. The Morgan fingerprint density at radius 2 is 2.35 bits per heavy atom. The molecule has 2 rings (SSSR count). The first kappa shape index (κ1) is 12.5. The summed E-state index contributed by atoms with van der Waals surface area (Å²) in [6.07, 6.45) is 4.86. The molecule has 0 radical (unpaired) electrons. The van der Waals surface area contributed by atoms with Crippen LogP contribution >= 0.6 is 0 Å². The molecule has 0 aliphatic carbocycles. The highest BCUT2D eigenvalue weighted by Crippen LogP contribution is 2.13. The number of aromatic nitrogens is 2. The molecule has 1 N–H and O–H groups in total. The normalized spacial score (nSPS) is 21.9. The monoisotopic (exact) mass is 238 g/mol. The molecule has 1 saturated heterocycles. The molecule has 1 fully saturated rings. The van der Waals surface area contributed by atoms with Crippen LogP contribution in [0, 0.1) is 6.92 Å². The van der Waals surface area contributed by atoms with E-state index < -0.39 is 0 Å². The van der Waals surface area contributed by atoms with E-state index in [4.69, 9.17) is 4.52 Å². The van der Waals surface area contributed by atoms with Crippen molar-refractivity contribution in [2.24, 2.45) is 0 Å². The van der Waals surface area contributed by atoms with Gasteiger partial charge in [-0.1, -0.05) is 11.6 Å². The predicted octanol–water partition coefficient (Wildman–Crippen LogP) is 0.994. The standard InChI is InChI=1S/C12H22N4O/c1-10-14-12(15-17-10)6-7-13-9-11-5-3-4-8-16(11)2/h11,13H,3-9H2,1-2H3. The maximum absolute atomic E-state index is 4.93. The first-order valence-corrected chi connectivity index (χ1v) is 6.46. The van der Waals surface area contributed by atoms with Gasteiger partial charge in [-0.15, -0.1) is 0 Å². The highest BCUT2D eigenvalue weighted by molar-refractivity contribution is 4.85. The summed E-state index contributed by atoms with van der Waals surface area (Å²) in [5.74, 6) is 1.44. The second kappa shape index (κ2) is 6.12. The van der Waals surface area contributed by atoms with Crippen LogP contribution in [-0.4, -0.2) is 47.8 Å². The molecule has 1 unspecified atom stereocenters. The van der Waals surface area contributed by atoms with E-state index in [1.165, 1.54) is 25.8 Å². The quantitative estimate of drug-likeness (QED) is 0.775. The molecule has 17 heavy (non-hydrogen) atoms. The highest BCUT2D eigenvalue weighted by atomic mass is 16.5. The molecule has 1 aromatic rings. The van der Waals surface area contributed by atoms with Crippen molar-refractivity contribution in [2.75, 3.05) is 26.7 Å². The fourth-order valence-electron chi connectivity index (χ4n) is 2.31. The Kier molecular flexibility index (Phi) is 4.50. The van der Waals surface area contributed by atoms with Crippen molar-refractivity contribution in [3.05, 3.63) is 11.7 Å². The van der Waals surface area contributed by atoms with Crippen LogP contribution in [0.25, 0.3) is 0 Å². The van der Waals surface area contributed by atoms with Crippen LogP contribution < -0.4 is 5.32 Å². The Labute approximate surface area is 103 Å². The van der Waals surface area contributed by atoms with Gasteiger partial charge in [-0.2, -0.15) is 4.98 Å². The van der Waals surface area contributed by atoms with E-state index in [9.17, 15) is 0 Å². The minimum atomic E-state index is 0.645. The Morgan fingerprint density at radius 1 is 1.47 bits per heavy atom. The fourth-order valence-corrected chi connectivity index (χ4v) is 2.31. The van der Waals surface area contributed by atoms with Crippen molar-refractivity contribution in [3.8, 4) is 0 Å². The first-order chi connectivity index (χ1) is 8.25. The zero-order chi connectivity index (χ0) is 12.1. The topological polar surface area (TPSA) is 54.2 Å². The van der Waals surface area contributed by atoms with Crippen LogP contribution in [0.3, 0.4) is 0 Å². The van der Waals surface area contributed by atoms with Gasteiger partial charge in [0.25, 0.3) is 0 Å². The van der Waals surface area contributed by atoms with Gasteiger partial charge >= 0.3 is 0 Å². The molecule has 1 aliphatic rings. The molecule has 1 aromatic heterocycles. The van der Waals surface area contributed by atoms with E-state index in [1.54, 1.807) is 0 Å². The van der Waals surface area contributed by atoms with Gasteiger partial charge in [-0.05, 0) is 26.4 Å². The van der Waals surface area contributed by atoms with Crippen molar-refractivity contribution in [1.82, 2.24) is 20.4 Å². The zero-order valence-corrected chi connectivity index (χ0v) is 10.8. The molecule has 0 amide bonds. The van der Waals surface area contributed by atoms with Crippen molar-refractivity contribution in [3.63, 3.8) is 0 Å². The number of rotatable bonds is 5. The summed E-state index contributed by atoms with van der Waals surface area (Å²) in [7, 11) is 2.22. The number of aryl methyl sites for hydroxylation is 1. The van der Waals surface area contributed by atoms with Crippen LogP contribution in [-0.2, 0) is 6.42 Å². The lowest BCUT2D eigenvalue weighted by atomic mass is 10.0. The molecule has 1 atom stereocenters. The molecule has 0 saturated carbocycles. The second-order valence-corrected chi connectivity index (χ2v) is 4.81. The molecule has 2 heterocycles. The highest BCUT2D eigenvalue weighted by Gasteiger charge is 2.17. The number of likely N-dealkylation sites (tertiary alicyclic amines) is 1. The van der Waals surface area contributed by atoms with Gasteiger partial charge in [0.1, 0.15) is 0 Å². The van der Waals surface area contributed by atoms with Crippen LogP contribution in [0.1, 0.15) is 31.0 Å². The molecule has 0 bridgehead atoms. The van der Waals surface area contributed by atoms with Gasteiger partial charge in [0.2, 0.25) is 5.89 Å². The van der Waals surface area contributed by atoms with Gasteiger partial charge in [0.15, 0.2) is 5.82 Å². The number of nitrogens with zero attached hydrogens (tertiary/aromatic N) is 3. The van der Waals surface area contributed by atoms with E-state index in [-0.39, 0.29) is 0 Å². The summed E-state index contributed by atoms with van der Waals surface area (Å²) in [5.41, 5.74) is 0. The molecule has 96 valence electrons. The average molecular weight is 238 g/mol. The van der Waals surface area contributed by atoms with E-state index in [1.807, 2.05) is 6.92 Å². The lowest BCUT2D eigenvalue weighted by Gasteiger charge is -2.32. The van der Waals surface area contributed by atoms with E-state index >= 15 is 0 Å². The van der Waals surface area contributed by atoms with Crippen molar-refractivity contribution in [2.45, 2.75) is 38.6 Å². The summed E-state index contributed by atoms with van der Waals surface area (Å²) < 4.78 is 4.93. The Hall–Kier alpha value is -0.940. The van der Waals surface area contributed by atoms with Crippen molar-refractivity contribution in [1.29, 1.82) is 0 Å². The smallest absolute Gasteiger partial charge is 0.223 e. The third kappa shape index (κ3) is 3.78. The van der Waals surface area contributed by atoms with Crippen LogP contribution in [0.2, 0.25) is 0 Å². The summed E-state index contributed by atoms with van der Waals surface area (Å²) >= 11 is 0. The van der Waals surface area contributed by atoms with Gasteiger partial charge in [-0.25, -0.2) is 0 Å². The number of hydrogen-bond donors (Lipinski definition) is 1. The fraction of sp³-hybridized carbons (Fsp3) is 0.833. The minimum Gasteiger partial charge on any atom is -0.340 e. The summed E-state index contributed by atoms with van der Waals surface area (Å²) in [4.78, 5) is 6.64. The van der Waals surface area contributed by atoms with Crippen LogP contribution in [0.15, 0.2) is 4.52 Å². The maximum atomic E-state index is 4.93. The van der Waals surface area contributed by atoms with Crippen LogP contribution in [0.5, 0.6) is 0 Å². The third-order valence-electron chi connectivity index (χ3n) is 3.40. The molecule has 5 heteroatoms. The third-order valence-corrected chi connectivity index (χ3v) is 3.40. The Morgan fingerprint density at radius 3 is 3.06 bits per heavy atom.